The first-order valence-corrected chi connectivity index (χ1v) is 7.78. The minimum atomic E-state index is -0.164. The first-order chi connectivity index (χ1) is 10.8. The third kappa shape index (κ3) is 2.08. The molecule has 0 aromatic heterocycles. The monoisotopic (exact) mass is 290 g/mol. The van der Waals surface area contributed by atoms with Gasteiger partial charge in [-0.05, 0) is 48.2 Å². The average Bonchev–Trinajstić information content (AvgIpc) is 2.94. The van der Waals surface area contributed by atoms with Crippen LogP contribution in [0.2, 0.25) is 0 Å². The van der Waals surface area contributed by atoms with E-state index < -0.39 is 0 Å². The Hall–Kier alpha value is -2.31. The number of hydrogen-bond acceptors (Lipinski definition) is 3. The fourth-order valence-corrected chi connectivity index (χ4v) is 3.72. The molecular formula is C19H18N2O. The average molecular weight is 290 g/mol. The Morgan fingerprint density at radius 3 is 2.73 bits per heavy atom. The largest absolute Gasteiger partial charge is 0.367 e. The first kappa shape index (κ1) is 13.4. The van der Waals surface area contributed by atoms with Crippen LogP contribution in [0, 0.1) is 11.3 Å². The number of nitriles is 1. The van der Waals surface area contributed by atoms with Crippen LogP contribution in [0.4, 0.5) is 5.69 Å². The molecule has 1 saturated heterocycles. The normalized spacial score (nSPS) is 23.3. The molecule has 0 amide bonds. The van der Waals surface area contributed by atoms with Crippen molar-refractivity contribution in [2.75, 3.05) is 24.6 Å². The van der Waals surface area contributed by atoms with Crippen molar-refractivity contribution in [2.24, 2.45) is 0 Å². The van der Waals surface area contributed by atoms with Gasteiger partial charge in [-0.2, -0.15) is 5.26 Å². The molecule has 1 unspecified atom stereocenters. The lowest BCUT2D eigenvalue weighted by Crippen LogP contribution is -2.49. The van der Waals surface area contributed by atoms with Gasteiger partial charge in [-0.3, -0.25) is 0 Å². The Balaban J connectivity index is 1.64. The van der Waals surface area contributed by atoms with Crippen molar-refractivity contribution in [3.8, 4) is 6.07 Å². The van der Waals surface area contributed by atoms with E-state index in [1.807, 2.05) is 24.3 Å². The predicted octanol–water partition coefficient (Wildman–Crippen LogP) is 3.24. The molecule has 3 heteroatoms. The van der Waals surface area contributed by atoms with E-state index in [4.69, 9.17) is 10.00 Å². The van der Waals surface area contributed by atoms with Crippen LogP contribution in [-0.4, -0.2) is 19.7 Å². The van der Waals surface area contributed by atoms with E-state index in [9.17, 15) is 0 Å². The van der Waals surface area contributed by atoms with Gasteiger partial charge in [0.1, 0.15) is 5.60 Å². The number of ether oxygens (including phenoxy) is 1. The van der Waals surface area contributed by atoms with Crippen LogP contribution in [0.15, 0.2) is 48.5 Å². The molecule has 2 aromatic carbocycles. The molecule has 1 heterocycles. The molecule has 1 spiro atoms. The Morgan fingerprint density at radius 1 is 1.09 bits per heavy atom. The van der Waals surface area contributed by atoms with Gasteiger partial charge in [0.2, 0.25) is 0 Å². The quantitative estimate of drug-likeness (QED) is 0.809. The van der Waals surface area contributed by atoms with E-state index in [1.54, 1.807) is 0 Å². The van der Waals surface area contributed by atoms with Gasteiger partial charge in [0.05, 0.1) is 24.8 Å². The molecule has 22 heavy (non-hydrogen) atoms. The minimum Gasteiger partial charge on any atom is -0.367 e. The summed E-state index contributed by atoms with van der Waals surface area (Å²) in [7, 11) is 0. The molecule has 3 nitrogen and oxygen atoms in total. The smallest absolute Gasteiger partial charge is 0.111 e. The van der Waals surface area contributed by atoms with Crippen LogP contribution < -0.4 is 4.90 Å². The molecule has 2 aliphatic rings. The van der Waals surface area contributed by atoms with Crippen LogP contribution >= 0.6 is 0 Å². The molecule has 0 bridgehead atoms. The lowest BCUT2D eigenvalue weighted by atomic mass is 9.93. The van der Waals surface area contributed by atoms with Crippen molar-refractivity contribution in [2.45, 2.75) is 18.4 Å². The number of rotatable bonds is 1. The van der Waals surface area contributed by atoms with Gasteiger partial charge in [0, 0.05) is 12.2 Å². The Labute approximate surface area is 130 Å². The lowest BCUT2D eigenvalue weighted by Gasteiger charge is -2.42. The van der Waals surface area contributed by atoms with Crippen LogP contribution in [0.1, 0.15) is 23.1 Å². The highest BCUT2D eigenvalue weighted by Crippen LogP contribution is 2.42. The van der Waals surface area contributed by atoms with Gasteiger partial charge in [-0.25, -0.2) is 0 Å². The summed E-state index contributed by atoms with van der Waals surface area (Å²) in [5.41, 5.74) is 4.49. The maximum atomic E-state index is 8.93. The van der Waals surface area contributed by atoms with Crippen molar-refractivity contribution >= 4 is 5.69 Å². The number of morpholine rings is 1. The third-order valence-electron chi connectivity index (χ3n) is 4.85. The molecule has 2 aromatic rings. The van der Waals surface area contributed by atoms with E-state index in [-0.39, 0.29) is 5.60 Å². The van der Waals surface area contributed by atoms with Gasteiger partial charge >= 0.3 is 0 Å². The first-order valence-electron chi connectivity index (χ1n) is 7.78. The predicted molar refractivity (Wildman–Crippen MR) is 85.8 cm³/mol. The maximum absolute atomic E-state index is 8.93. The maximum Gasteiger partial charge on any atom is 0.111 e. The summed E-state index contributed by atoms with van der Waals surface area (Å²) in [5, 5.41) is 8.93. The summed E-state index contributed by atoms with van der Waals surface area (Å²) >= 11 is 0. The second-order valence-corrected chi connectivity index (χ2v) is 6.08. The molecule has 0 N–H and O–H groups in total. The van der Waals surface area contributed by atoms with Crippen LogP contribution in [-0.2, 0) is 16.8 Å². The third-order valence-corrected chi connectivity index (χ3v) is 4.85. The molecule has 1 fully saturated rings. The standard InChI is InChI=1S/C19H18N2O/c20-13-15-5-7-17(8-6-15)21-11-12-22-19(14-21)10-9-16-3-1-2-4-18(16)19/h1-8H,9-12,14H2. The molecule has 0 saturated carbocycles. The van der Waals surface area contributed by atoms with E-state index >= 15 is 0 Å². The Bertz CT molecular complexity index is 728. The number of nitrogens with zero attached hydrogens (tertiary/aromatic N) is 2. The van der Waals surface area contributed by atoms with E-state index in [0.29, 0.717) is 5.56 Å². The van der Waals surface area contributed by atoms with Crippen molar-refractivity contribution in [3.05, 3.63) is 65.2 Å². The molecule has 1 atom stereocenters. The second kappa shape index (κ2) is 5.15. The lowest BCUT2D eigenvalue weighted by molar-refractivity contribution is -0.0592. The van der Waals surface area contributed by atoms with Crippen LogP contribution in [0.25, 0.3) is 0 Å². The molecular weight excluding hydrogens is 272 g/mol. The molecule has 4 rings (SSSR count). The fraction of sp³-hybridized carbons (Fsp3) is 0.316. The SMILES string of the molecule is N#Cc1ccc(N2CCOC3(CCc4ccccc43)C2)cc1. The van der Waals surface area contributed by atoms with Gasteiger partial charge in [-0.15, -0.1) is 0 Å². The van der Waals surface area contributed by atoms with E-state index in [2.05, 4.69) is 35.2 Å². The van der Waals surface area contributed by atoms with Gasteiger partial charge < -0.3 is 9.64 Å². The summed E-state index contributed by atoms with van der Waals surface area (Å²) < 4.78 is 6.26. The van der Waals surface area contributed by atoms with Crippen molar-refractivity contribution < 1.29 is 4.74 Å². The van der Waals surface area contributed by atoms with Gasteiger partial charge in [0.15, 0.2) is 0 Å². The van der Waals surface area contributed by atoms with E-state index in [0.717, 1.165) is 32.5 Å². The molecule has 110 valence electrons. The zero-order valence-electron chi connectivity index (χ0n) is 12.5. The van der Waals surface area contributed by atoms with E-state index in [1.165, 1.54) is 16.8 Å². The van der Waals surface area contributed by atoms with Crippen LogP contribution in [0.3, 0.4) is 0 Å². The Kier molecular flexibility index (Phi) is 3.13. The summed E-state index contributed by atoms with van der Waals surface area (Å²) in [4.78, 5) is 2.38. The highest BCUT2D eigenvalue weighted by atomic mass is 16.5. The summed E-state index contributed by atoms with van der Waals surface area (Å²) in [6, 6.07) is 18.7. The highest BCUT2D eigenvalue weighted by molar-refractivity contribution is 5.51. The number of anilines is 1. The zero-order chi connectivity index (χ0) is 15.0. The highest BCUT2D eigenvalue weighted by Gasteiger charge is 2.43. The molecule has 1 aliphatic heterocycles. The van der Waals surface area contributed by atoms with Gasteiger partial charge in [-0.1, -0.05) is 24.3 Å². The zero-order valence-corrected chi connectivity index (χ0v) is 12.5. The summed E-state index contributed by atoms with van der Waals surface area (Å²) in [5.74, 6) is 0. The number of benzene rings is 2. The van der Waals surface area contributed by atoms with Gasteiger partial charge in [0.25, 0.3) is 0 Å². The van der Waals surface area contributed by atoms with Crippen molar-refractivity contribution in [1.29, 1.82) is 5.26 Å². The number of hydrogen-bond donors (Lipinski definition) is 0. The van der Waals surface area contributed by atoms with Crippen molar-refractivity contribution in [3.63, 3.8) is 0 Å². The Morgan fingerprint density at radius 2 is 1.91 bits per heavy atom. The second-order valence-electron chi connectivity index (χ2n) is 6.08. The minimum absolute atomic E-state index is 0.164. The molecule has 1 aliphatic carbocycles. The summed E-state index contributed by atoms with van der Waals surface area (Å²) in [6.07, 6.45) is 2.15. The number of fused-ring (bicyclic) bond motifs is 2. The fourth-order valence-electron chi connectivity index (χ4n) is 3.72. The topological polar surface area (TPSA) is 36.3 Å². The number of aryl methyl sites for hydroxylation is 1. The molecule has 0 radical (unpaired) electrons. The van der Waals surface area contributed by atoms with Crippen LogP contribution in [0.5, 0.6) is 0 Å². The summed E-state index contributed by atoms with van der Waals surface area (Å²) in [6.45, 7) is 2.53. The van der Waals surface area contributed by atoms with Crippen molar-refractivity contribution in [1.82, 2.24) is 0 Å².